The van der Waals surface area contributed by atoms with E-state index in [0.717, 1.165) is 12.4 Å². The highest BCUT2D eigenvalue weighted by Gasteiger charge is 2.21. The standard InChI is InChI=1S/C10H16FN3O/c1-3-10(15,4-2)7-14-9-12-5-8(11)6-13-9/h5-6,15H,3-4,7H2,1-2H3,(H,12,13,14). The molecule has 0 radical (unpaired) electrons. The highest BCUT2D eigenvalue weighted by atomic mass is 19.1. The molecule has 1 rings (SSSR count). The first-order chi connectivity index (χ1) is 7.09. The van der Waals surface area contributed by atoms with E-state index in [9.17, 15) is 9.50 Å². The molecule has 0 aromatic carbocycles. The van der Waals surface area contributed by atoms with Crippen LogP contribution < -0.4 is 5.32 Å². The second kappa shape index (κ2) is 5.02. The van der Waals surface area contributed by atoms with Gasteiger partial charge in [-0.3, -0.25) is 0 Å². The minimum absolute atomic E-state index is 0.330. The van der Waals surface area contributed by atoms with E-state index < -0.39 is 11.4 Å². The van der Waals surface area contributed by atoms with Crippen LogP contribution in [0.2, 0.25) is 0 Å². The number of rotatable bonds is 5. The van der Waals surface area contributed by atoms with E-state index in [2.05, 4.69) is 15.3 Å². The van der Waals surface area contributed by atoms with Gasteiger partial charge in [-0.1, -0.05) is 13.8 Å². The summed E-state index contributed by atoms with van der Waals surface area (Å²) in [5, 5.41) is 12.8. The molecule has 0 unspecified atom stereocenters. The molecule has 15 heavy (non-hydrogen) atoms. The van der Waals surface area contributed by atoms with Crippen LogP contribution in [0.25, 0.3) is 0 Å². The molecule has 5 heteroatoms. The van der Waals surface area contributed by atoms with E-state index >= 15 is 0 Å². The summed E-state index contributed by atoms with van der Waals surface area (Å²) in [6, 6.07) is 0. The van der Waals surface area contributed by atoms with Gasteiger partial charge in [-0.05, 0) is 12.8 Å². The fraction of sp³-hybridized carbons (Fsp3) is 0.600. The van der Waals surface area contributed by atoms with Crippen LogP contribution in [0.4, 0.5) is 10.3 Å². The highest BCUT2D eigenvalue weighted by molar-refractivity contribution is 5.23. The van der Waals surface area contributed by atoms with Crippen LogP contribution >= 0.6 is 0 Å². The highest BCUT2D eigenvalue weighted by Crippen LogP contribution is 2.14. The Morgan fingerprint density at radius 3 is 2.33 bits per heavy atom. The summed E-state index contributed by atoms with van der Waals surface area (Å²) in [7, 11) is 0. The first kappa shape index (κ1) is 11.8. The number of aliphatic hydroxyl groups is 1. The lowest BCUT2D eigenvalue weighted by Gasteiger charge is -2.25. The quantitative estimate of drug-likeness (QED) is 0.779. The van der Waals surface area contributed by atoms with Gasteiger partial charge in [-0.25, -0.2) is 14.4 Å². The predicted molar refractivity (Wildman–Crippen MR) is 56.0 cm³/mol. The topological polar surface area (TPSA) is 58.0 Å². The van der Waals surface area contributed by atoms with Crippen molar-refractivity contribution in [2.75, 3.05) is 11.9 Å². The van der Waals surface area contributed by atoms with Crippen LogP contribution in [0.5, 0.6) is 0 Å². The molecule has 84 valence electrons. The lowest BCUT2D eigenvalue weighted by molar-refractivity contribution is 0.0455. The van der Waals surface area contributed by atoms with Gasteiger partial charge < -0.3 is 10.4 Å². The number of halogens is 1. The summed E-state index contributed by atoms with van der Waals surface area (Å²) in [6.45, 7) is 4.19. The lowest BCUT2D eigenvalue weighted by Crippen LogP contribution is -2.35. The molecule has 1 heterocycles. The first-order valence-electron chi connectivity index (χ1n) is 5.03. The Hall–Kier alpha value is -1.23. The van der Waals surface area contributed by atoms with Crippen molar-refractivity contribution < 1.29 is 9.50 Å². The van der Waals surface area contributed by atoms with E-state index in [1.54, 1.807) is 0 Å². The largest absolute Gasteiger partial charge is 0.388 e. The summed E-state index contributed by atoms with van der Waals surface area (Å²) in [4.78, 5) is 7.48. The van der Waals surface area contributed by atoms with E-state index in [4.69, 9.17) is 0 Å². The molecule has 0 saturated heterocycles. The molecule has 0 aliphatic carbocycles. The Morgan fingerprint density at radius 1 is 1.33 bits per heavy atom. The van der Waals surface area contributed by atoms with E-state index in [0.29, 0.717) is 25.3 Å². The molecule has 1 aromatic heterocycles. The zero-order chi connectivity index (χ0) is 11.3. The van der Waals surface area contributed by atoms with E-state index in [1.165, 1.54) is 0 Å². The summed E-state index contributed by atoms with van der Waals surface area (Å²) in [5.74, 6) is -0.140. The molecule has 1 aromatic rings. The van der Waals surface area contributed by atoms with Gasteiger partial charge in [0.25, 0.3) is 0 Å². The second-order valence-corrected chi connectivity index (χ2v) is 3.51. The molecule has 0 atom stereocenters. The maximum absolute atomic E-state index is 12.5. The number of hydrogen-bond acceptors (Lipinski definition) is 4. The van der Waals surface area contributed by atoms with E-state index in [-0.39, 0.29) is 0 Å². The fourth-order valence-corrected chi connectivity index (χ4v) is 1.15. The van der Waals surface area contributed by atoms with Crippen molar-refractivity contribution in [3.05, 3.63) is 18.2 Å². The summed E-state index contributed by atoms with van der Waals surface area (Å²) >= 11 is 0. The molecule has 0 saturated carbocycles. The molecule has 0 aliphatic rings. The molecular weight excluding hydrogens is 197 g/mol. The Balaban J connectivity index is 2.53. The van der Waals surface area contributed by atoms with E-state index in [1.807, 2.05) is 13.8 Å². The van der Waals surface area contributed by atoms with Crippen LogP contribution in [0.15, 0.2) is 12.4 Å². The molecule has 2 N–H and O–H groups in total. The van der Waals surface area contributed by atoms with Gasteiger partial charge in [0.05, 0.1) is 18.0 Å². The predicted octanol–water partition coefficient (Wildman–Crippen LogP) is 1.58. The summed E-state index contributed by atoms with van der Waals surface area (Å²) in [6.07, 6.45) is 3.48. The van der Waals surface area contributed by atoms with Gasteiger partial charge in [-0.2, -0.15) is 0 Å². The minimum Gasteiger partial charge on any atom is -0.388 e. The zero-order valence-corrected chi connectivity index (χ0v) is 9.00. The van der Waals surface area contributed by atoms with Gasteiger partial charge in [0.2, 0.25) is 5.95 Å². The third kappa shape index (κ3) is 3.43. The van der Waals surface area contributed by atoms with Crippen molar-refractivity contribution in [2.45, 2.75) is 32.3 Å². The average molecular weight is 213 g/mol. The summed E-state index contributed by atoms with van der Waals surface area (Å²) < 4.78 is 12.5. The molecule has 0 bridgehead atoms. The molecule has 0 fully saturated rings. The van der Waals surface area contributed by atoms with Crippen LogP contribution in [-0.2, 0) is 0 Å². The van der Waals surface area contributed by atoms with Gasteiger partial charge in [0, 0.05) is 6.54 Å². The Kier molecular flexibility index (Phi) is 3.96. The maximum Gasteiger partial charge on any atom is 0.222 e. The second-order valence-electron chi connectivity index (χ2n) is 3.51. The van der Waals surface area contributed by atoms with Crippen LogP contribution in [0, 0.1) is 5.82 Å². The monoisotopic (exact) mass is 213 g/mol. The average Bonchev–Trinajstić information content (AvgIpc) is 2.28. The van der Waals surface area contributed by atoms with Crippen LogP contribution in [0.1, 0.15) is 26.7 Å². The smallest absolute Gasteiger partial charge is 0.222 e. The Labute approximate surface area is 88.6 Å². The van der Waals surface area contributed by atoms with Crippen molar-refractivity contribution >= 4 is 5.95 Å². The number of aromatic nitrogens is 2. The normalized spacial score (nSPS) is 11.5. The Bertz CT molecular complexity index is 298. The fourth-order valence-electron chi connectivity index (χ4n) is 1.15. The molecule has 0 aliphatic heterocycles. The lowest BCUT2D eigenvalue weighted by atomic mass is 9.98. The van der Waals surface area contributed by atoms with Crippen molar-refractivity contribution in [2.24, 2.45) is 0 Å². The molecule has 0 spiro atoms. The SMILES string of the molecule is CCC(O)(CC)CNc1ncc(F)cn1. The van der Waals surface area contributed by atoms with Gasteiger partial charge in [0.15, 0.2) is 5.82 Å². The number of hydrogen-bond donors (Lipinski definition) is 2. The minimum atomic E-state index is -0.752. The third-order valence-electron chi connectivity index (χ3n) is 2.51. The molecule has 4 nitrogen and oxygen atoms in total. The third-order valence-corrected chi connectivity index (χ3v) is 2.51. The number of nitrogens with zero attached hydrogens (tertiary/aromatic N) is 2. The Morgan fingerprint density at radius 2 is 1.87 bits per heavy atom. The van der Waals surface area contributed by atoms with Crippen molar-refractivity contribution in [1.82, 2.24) is 9.97 Å². The van der Waals surface area contributed by atoms with Crippen LogP contribution in [-0.4, -0.2) is 27.2 Å². The van der Waals surface area contributed by atoms with Crippen molar-refractivity contribution in [3.8, 4) is 0 Å². The zero-order valence-electron chi connectivity index (χ0n) is 9.00. The molecular formula is C10H16FN3O. The van der Waals surface area contributed by atoms with Gasteiger partial charge >= 0.3 is 0 Å². The van der Waals surface area contributed by atoms with Gasteiger partial charge in [0.1, 0.15) is 0 Å². The summed E-state index contributed by atoms with van der Waals surface area (Å²) in [5.41, 5.74) is -0.752. The van der Waals surface area contributed by atoms with Crippen molar-refractivity contribution in [3.63, 3.8) is 0 Å². The first-order valence-corrected chi connectivity index (χ1v) is 5.03. The van der Waals surface area contributed by atoms with Crippen LogP contribution in [0.3, 0.4) is 0 Å². The van der Waals surface area contributed by atoms with Gasteiger partial charge in [-0.15, -0.1) is 0 Å². The number of nitrogens with one attached hydrogen (secondary N) is 1. The van der Waals surface area contributed by atoms with Crippen molar-refractivity contribution in [1.29, 1.82) is 0 Å². The number of anilines is 1. The maximum atomic E-state index is 12.5. The molecule has 0 amide bonds.